The molecule has 2 atom stereocenters. The standard InChI is InChI=1S/C11H23NO2/c1-8(2)12-11(7-13)5-9(3)14-10(4)6-11/h8-10,12-13H,5-7H2,1-4H3. The summed E-state index contributed by atoms with van der Waals surface area (Å²) in [5.41, 5.74) is -0.134. The van der Waals surface area contributed by atoms with E-state index in [4.69, 9.17) is 4.74 Å². The third-order valence-electron chi connectivity index (χ3n) is 2.72. The maximum absolute atomic E-state index is 9.51. The predicted molar refractivity (Wildman–Crippen MR) is 57.3 cm³/mol. The van der Waals surface area contributed by atoms with Crippen molar-refractivity contribution in [3.8, 4) is 0 Å². The molecule has 3 nitrogen and oxygen atoms in total. The maximum atomic E-state index is 9.51. The molecule has 0 aromatic carbocycles. The Morgan fingerprint density at radius 2 is 1.86 bits per heavy atom. The molecule has 2 N–H and O–H groups in total. The van der Waals surface area contributed by atoms with Gasteiger partial charge in [0, 0.05) is 11.6 Å². The molecule has 1 rings (SSSR count). The fourth-order valence-corrected chi connectivity index (χ4v) is 2.58. The molecule has 3 heteroatoms. The van der Waals surface area contributed by atoms with E-state index in [1.807, 2.05) is 0 Å². The summed E-state index contributed by atoms with van der Waals surface area (Å²) in [6, 6.07) is 0.402. The molecule has 0 bridgehead atoms. The van der Waals surface area contributed by atoms with Gasteiger partial charge in [0.2, 0.25) is 0 Å². The van der Waals surface area contributed by atoms with Gasteiger partial charge in [-0.3, -0.25) is 0 Å². The van der Waals surface area contributed by atoms with Crippen molar-refractivity contribution in [2.45, 2.75) is 64.3 Å². The van der Waals surface area contributed by atoms with Gasteiger partial charge in [-0.05, 0) is 26.7 Å². The number of nitrogens with one attached hydrogen (secondary N) is 1. The molecular formula is C11H23NO2. The molecule has 84 valence electrons. The van der Waals surface area contributed by atoms with E-state index in [1.165, 1.54) is 0 Å². The molecule has 1 heterocycles. The van der Waals surface area contributed by atoms with Crippen molar-refractivity contribution in [2.24, 2.45) is 0 Å². The van der Waals surface area contributed by atoms with E-state index in [9.17, 15) is 5.11 Å². The summed E-state index contributed by atoms with van der Waals surface area (Å²) >= 11 is 0. The lowest BCUT2D eigenvalue weighted by molar-refractivity contribution is -0.0829. The zero-order chi connectivity index (χ0) is 10.8. The van der Waals surface area contributed by atoms with E-state index >= 15 is 0 Å². The molecular weight excluding hydrogens is 178 g/mol. The highest BCUT2D eigenvalue weighted by Gasteiger charge is 2.38. The normalized spacial score (nSPS) is 39.0. The van der Waals surface area contributed by atoms with Gasteiger partial charge in [-0.15, -0.1) is 0 Å². The van der Waals surface area contributed by atoms with Gasteiger partial charge in [-0.1, -0.05) is 13.8 Å². The van der Waals surface area contributed by atoms with Crippen molar-refractivity contribution >= 4 is 0 Å². The third kappa shape index (κ3) is 2.94. The smallest absolute Gasteiger partial charge is 0.0615 e. The van der Waals surface area contributed by atoms with Crippen LogP contribution in [0.1, 0.15) is 40.5 Å². The first-order valence-electron chi connectivity index (χ1n) is 5.51. The average Bonchev–Trinajstić information content (AvgIpc) is 2.00. The SMILES string of the molecule is CC(C)NC1(CO)CC(C)OC(C)C1. The van der Waals surface area contributed by atoms with E-state index in [0.29, 0.717) is 6.04 Å². The van der Waals surface area contributed by atoms with Gasteiger partial charge in [0.05, 0.1) is 18.8 Å². The Bertz CT molecular complexity index is 167. The van der Waals surface area contributed by atoms with Gasteiger partial charge in [-0.2, -0.15) is 0 Å². The lowest BCUT2D eigenvalue weighted by atomic mass is 9.84. The summed E-state index contributed by atoms with van der Waals surface area (Å²) in [6.07, 6.45) is 2.26. The maximum Gasteiger partial charge on any atom is 0.0615 e. The highest BCUT2D eigenvalue weighted by atomic mass is 16.5. The number of aliphatic hydroxyl groups is 1. The first-order valence-corrected chi connectivity index (χ1v) is 5.51. The molecule has 1 saturated heterocycles. The van der Waals surface area contributed by atoms with Crippen LogP contribution in [0.3, 0.4) is 0 Å². The quantitative estimate of drug-likeness (QED) is 0.723. The van der Waals surface area contributed by atoms with Crippen LogP contribution < -0.4 is 5.32 Å². The fourth-order valence-electron chi connectivity index (χ4n) is 2.58. The van der Waals surface area contributed by atoms with Crippen molar-refractivity contribution < 1.29 is 9.84 Å². The monoisotopic (exact) mass is 201 g/mol. The summed E-state index contributed by atoms with van der Waals surface area (Å²) in [7, 11) is 0. The van der Waals surface area contributed by atoms with Gasteiger partial charge < -0.3 is 15.2 Å². The zero-order valence-electron chi connectivity index (χ0n) is 9.71. The van der Waals surface area contributed by atoms with Crippen LogP contribution in [-0.2, 0) is 4.74 Å². The highest BCUT2D eigenvalue weighted by Crippen LogP contribution is 2.28. The van der Waals surface area contributed by atoms with E-state index < -0.39 is 0 Å². The second-order valence-corrected chi connectivity index (χ2v) is 4.90. The molecule has 0 saturated carbocycles. The van der Waals surface area contributed by atoms with Crippen LogP contribution in [0.5, 0.6) is 0 Å². The van der Waals surface area contributed by atoms with Gasteiger partial charge in [0.15, 0.2) is 0 Å². The third-order valence-corrected chi connectivity index (χ3v) is 2.72. The Hall–Kier alpha value is -0.120. The van der Waals surface area contributed by atoms with Gasteiger partial charge in [0.25, 0.3) is 0 Å². The second-order valence-electron chi connectivity index (χ2n) is 4.90. The van der Waals surface area contributed by atoms with Crippen LogP contribution in [0.25, 0.3) is 0 Å². The predicted octanol–water partition coefficient (Wildman–Crippen LogP) is 1.30. The summed E-state index contributed by atoms with van der Waals surface area (Å²) < 4.78 is 5.67. The van der Waals surface area contributed by atoms with Crippen molar-refractivity contribution in [1.82, 2.24) is 5.32 Å². The molecule has 1 aliphatic rings. The van der Waals surface area contributed by atoms with Crippen molar-refractivity contribution in [2.75, 3.05) is 6.61 Å². The Kier molecular flexibility index (Phi) is 3.93. The van der Waals surface area contributed by atoms with Gasteiger partial charge in [0.1, 0.15) is 0 Å². The minimum absolute atomic E-state index is 0.134. The number of hydrogen-bond acceptors (Lipinski definition) is 3. The first kappa shape index (κ1) is 12.0. The molecule has 0 aromatic rings. The van der Waals surface area contributed by atoms with Crippen LogP contribution in [0, 0.1) is 0 Å². The molecule has 1 aliphatic heterocycles. The minimum atomic E-state index is -0.134. The van der Waals surface area contributed by atoms with Gasteiger partial charge >= 0.3 is 0 Å². The van der Waals surface area contributed by atoms with Crippen molar-refractivity contribution in [3.05, 3.63) is 0 Å². The number of aliphatic hydroxyl groups excluding tert-OH is 1. The Morgan fingerprint density at radius 3 is 2.21 bits per heavy atom. The summed E-state index contributed by atoms with van der Waals surface area (Å²) in [5.74, 6) is 0. The zero-order valence-corrected chi connectivity index (χ0v) is 9.71. The molecule has 14 heavy (non-hydrogen) atoms. The van der Waals surface area contributed by atoms with Crippen molar-refractivity contribution in [1.29, 1.82) is 0 Å². The molecule has 1 fully saturated rings. The summed E-state index contributed by atoms with van der Waals surface area (Å²) in [6.45, 7) is 8.57. The molecule has 2 unspecified atom stereocenters. The Labute approximate surface area is 86.8 Å². The van der Waals surface area contributed by atoms with Crippen LogP contribution in [0.2, 0.25) is 0 Å². The van der Waals surface area contributed by atoms with Gasteiger partial charge in [-0.25, -0.2) is 0 Å². The second kappa shape index (κ2) is 4.60. The largest absolute Gasteiger partial charge is 0.394 e. The first-order chi connectivity index (χ1) is 6.47. The Balaban J connectivity index is 2.66. The number of ether oxygens (including phenoxy) is 1. The topological polar surface area (TPSA) is 41.5 Å². The molecule has 0 radical (unpaired) electrons. The van der Waals surface area contributed by atoms with Crippen LogP contribution in [0.4, 0.5) is 0 Å². The summed E-state index contributed by atoms with van der Waals surface area (Å²) in [5, 5.41) is 13.0. The Morgan fingerprint density at radius 1 is 1.36 bits per heavy atom. The minimum Gasteiger partial charge on any atom is -0.394 e. The lowest BCUT2D eigenvalue weighted by Gasteiger charge is -2.43. The van der Waals surface area contributed by atoms with Crippen LogP contribution in [-0.4, -0.2) is 35.5 Å². The highest BCUT2D eigenvalue weighted by molar-refractivity contribution is 4.95. The summed E-state index contributed by atoms with van der Waals surface area (Å²) in [4.78, 5) is 0. The number of hydrogen-bond donors (Lipinski definition) is 2. The molecule has 0 amide bonds. The van der Waals surface area contributed by atoms with E-state index in [-0.39, 0.29) is 24.4 Å². The van der Waals surface area contributed by atoms with E-state index in [1.54, 1.807) is 0 Å². The van der Waals surface area contributed by atoms with E-state index in [0.717, 1.165) is 12.8 Å². The van der Waals surface area contributed by atoms with Crippen LogP contribution >= 0.6 is 0 Å². The molecule has 0 aromatic heterocycles. The van der Waals surface area contributed by atoms with Crippen LogP contribution in [0.15, 0.2) is 0 Å². The molecule has 0 spiro atoms. The molecule has 0 aliphatic carbocycles. The lowest BCUT2D eigenvalue weighted by Crippen LogP contribution is -2.57. The van der Waals surface area contributed by atoms with E-state index in [2.05, 4.69) is 33.0 Å². The van der Waals surface area contributed by atoms with Crippen molar-refractivity contribution in [3.63, 3.8) is 0 Å². The fraction of sp³-hybridized carbons (Fsp3) is 1.00. The average molecular weight is 201 g/mol. The number of rotatable bonds is 3.